The van der Waals surface area contributed by atoms with Crippen LogP contribution in [0.25, 0.3) is 0 Å². The molecule has 1 unspecified atom stereocenters. The van der Waals surface area contributed by atoms with Crippen molar-refractivity contribution < 1.29 is 23.4 Å². The fourth-order valence-corrected chi connectivity index (χ4v) is 0.937. The standard InChI is InChI=1S/C8H11FO4/c1-3-8(12-4-6(2)9)5-11-7(10)13-8/h2-5H2,1H3. The lowest BCUT2D eigenvalue weighted by Gasteiger charge is -2.22. The van der Waals surface area contributed by atoms with Crippen LogP contribution in [0.2, 0.25) is 0 Å². The monoisotopic (exact) mass is 190 g/mol. The van der Waals surface area contributed by atoms with E-state index >= 15 is 0 Å². The van der Waals surface area contributed by atoms with E-state index in [1.165, 1.54) is 0 Å². The summed E-state index contributed by atoms with van der Waals surface area (Å²) in [6.07, 6.45) is -0.377. The van der Waals surface area contributed by atoms with Crippen LogP contribution in [0.5, 0.6) is 0 Å². The van der Waals surface area contributed by atoms with Crippen molar-refractivity contribution in [3.8, 4) is 0 Å². The van der Waals surface area contributed by atoms with Crippen molar-refractivity contribution in [2.24, 2.45) is 0 Å². The molecule has 1 atom stereocenters. The predicted octanol–water partition coefficient (Wildman–Crippen LogP) is 1.76. The summed E-state index contributed by atoms with van der Waals surface area (Å²) in [5, 5.41) is 0. The number of carbonyl (C=O) groups is 1. The van der Waals surface area contributed by atoms with Crippen molar-refractivity contribution in [2.75, 3.05) is 13.2 Å². The molecule has 1 fully saturated rings. The molecule has 0 amide bonds. The van der Waals surface area contributed by atoms with Gasteiger partial charge in [0.25, 0.3) is 5.79 Å². The van der Waals surface area contributed by atoms with Crippen LogP contribution in [0.3, 0.4) is 0 Å². The van der Waals surface area contributed by atoms with Gasteiger partial charge in [0.1, 0.15) is 12.4 Å². The van der Waals surface area contributed by atoms with Gasteiger partial charge in [-0.2, -0.15) is 0 Å². The number of rotatable bonds is 4. The highest BCUT2D eigenvalue weighted by Gasteiger charge is 2.42. The Morgan fingerprint density at radius 1 is 1.85 bits per heavy atom. The van der Waals surface area contributed by atoms with E-state index in [9.17, 15) is 9.18 Å². The van der Waals surface area contributed by atoms with E-state index in [0.29, 0.717) is 6.42 Å². The van der Waals surface area contributed by atoms with Crippen molar-refractivity contribution in [1.29, 1.82) is 0 Å². The summed E-state index contributed by atoms with van der Waals surface area (Å²) in [4.78, 5) is 10.6. The molecule has 1 heterocycles. The maximum Gasteiger partial charge on any atom is 0.511 e. The Labute approximate surface area is 75.3 Å². The molecule has 1 rings (SSSR count). The molecule has 0 spiro atoms. The lowest BCUT2D eigenvalue weighted by molar-refractivity contribution is -0.177. The van der Waals surface area contributed by atoms with E-state index < -0.39 is 17.8 Å². The minimum Gasteiger partial charge on any atom is -0.427 e. The van der Waals surface area contributed by atoms with Gasteiger partial charge in [0.2, 0.25) is 0 Å². The minimum atomic E-state index is -1.13. The summed E-state index contributed by atoms with van der Waals surface area (Å²) >= 11 is 0. The zero-order chi connectivity index (χ0) is 9.90. The van der Waals surface area contributed by atoms with Gasteiger partial charge >= 0.3 is 6.16 Å². The molecule has 13 heavy (non-hydrogen) atoms. The highest BCUT2D eigenvalue weighted by molar-refractivity contribution is 5.62. The fraction of sp³-hybridized carbons (Fsp3) is 0.625. The number of halogens is 1. The first kappa shape index (κ1) is 9.98. The third-order valence-electron chi connectivity index (χ3n) is 1.71. The van der Waals surface area contributed by atoms with E-state index in [1.807, 2.05) is 0 Å². The van der Waals surface area contributed by atoms with Gasteiger partial charge in [0.15, 0.2) is 6.61 Å². The Hall–Kier alpha value is -1.10. The van der Waals surface area contributed by atoms with Crippen LogP contribution in [0.15, 0.2) is 12.4 Å². The Bertz CT molecular complexity index is 228. The Kier molecular flexibility index (Phi) is 2.87. The summed E-state index contributed by atoms with van der Waals surface area (Å²) in [6, 6.07) is 0. The SMILES string of the molecule is C=C(F)COC1(CC)COC(=O)O1. The number of ether oxygens (including phenoxy) is 3. The first-order valence-electron chi connectivity index (χ1n) is 3.91. The maximum atomic E-state index is 12.3. The molecule has 4 nitrogen and oxygen atoms in total. The number of hydrogen-bond donors (Lipinski definition) is 0. The van der Waals surface area contributed by atoms with E-state index in [-0.39, 0.29) is 13.2 Å². The van der Waals surface area contributed by atoms with Crippen LogP contribution in [-0.2, 0) is 14.2 Å². The van der Waals surface area contributed by atoms with E-state index in [0.717, 1.165) is 0 Å². The van der Waals surface area contributed by atoms with Crippen molar-refractivity contribution in [3.05, 3.63) is 12.4 Å². The van der Waals surface area contributed by atoms with Gasteiger partial charge < -0.3 is 14.2 Å². The molecule has 1 aliphatic heterocycles. The third-order valence-corrected chi connectivity index (χ3v) is 1.71. The summed E-state index contributed by atoms with van der Waals surface area (Å²) in [6.45, 7) is 4.49. The van der Waals surface area contributed by atoms with Gasteiger partial charge in [0, 0.05) is 6.42 Å². The quantitative estimate of drug-likeness (QED) is 0.633. The molecule has 0 aromatic heterocycles. The highest BCUT2D eigenvalue weighted by atomic mass is 19.1. The molecule has 0 aliphatic carbocycles. The smallest absolute Gasteiger partial charge is 0.427 e. The first-order valence-corrected chi connectivity index (χ1v) is 3.91. The van der Waals surface area contributed by atoms with Crippen molar-refractivity contribution in [3.63, 3.8) is 0 Å². The molecule has 0 radical (unpaired) electrons. The van der Waals surface area contributed by atoms with Crippen molar-refractivity contribution >= 4 is 6.16 Å². The molecule has 0 aromatic rings. The molecule has 0 aromatic carbocycles. The molecule has 74 valence electrons. The van der Waals surface area contributed by atoms with Gasteiger partial charge in [-0.15, -0.1) is 0 Å². The summed E-state index contributed by atoms with van der Waals surface area (Å²) < 4.78 is 26.6. The number of carbonyl (C=O) groups excluding carboxylic acids is 1. The molecular weight excluding hydrogens is 179 g/mol. The normalized spacial score (nSPS) is 26.8. The first-order chi connectivity index (χ1) is 6.08. The van der Waals surface area contributed by atoms with Crippen LogP contribution < -0.4 is 0 Å². The third kappa shape index (κ3) is 2.42. The number of hydrogen-bond acceptors (Lipinski definition) is 4. The van der Waals surface area contributed by atoms with Crippen LogP contribution in [0, 0.1) is 0 Å². The second-order valence-corrected chi connectivity index (χ2v) is 2.71. The largest absolute Gasteiger partial charge is 0.511 e. The van der Waals surface area contributed by atoms with Gasteiger partial charge in [-0.25, -0.2) is 9.18 Å². The molecule has 0 saturated carbocycles. The lowest BCUT2D eigenvalue weighted by Crippen LogP contribution is -2.35. The van der Waals surface area contributed by atoms with Gasteiger partial charge in [0.05, 0.1) is 0 Å². The minimum absolute atomic E-state index is 0.00435. The Morgan fingerprint density at radius 2 is 2.54 bits per heavy atom. The zero-order valence-electron chi connectivity index (χ0n) is 7.34. The van der Waals surface area contributed by atoms with Crippen molar-refractivity contribution in [1.82, 2.24) is 0 Å². The van der Waals surface area contributed by atoms with Crippen molar-refractivity contribution in [2.45, 2.75) is 19.1 Å². The van der Waals surface area contributed by atoms with Gasteiger partial charge in [-0.1, -0.05) is 13.5 Å². The number of cyclic esters (lactones) is 2. The second-order valence-electron chi connectivity index (χ2n) is 2.71. The predicted molar refractivity (Wildman–Crippen MR) is 41.7 cm³/mol. The average Bonchev–Trinajstić information content (AvgIpc) is 2.45. The lowest BCUT2D eigenvalue weighted by atomic mass is 10.2. The second kappa shape index (κ2) is 3.74. The fourth-order valence-electron chi connectivity index (χ4n) is 0.937. The van der Waals surface area contributed by atoms with Gasteiger partial charge in [-0.05, 0) is 0 Å². The molecule has 1 saturated heterocycles. The molecule has 0 bridgehead atoms. The van der Waals surface area contributed by atoms with Crippen LogP contribution >= 0.6 is 0 Å². The summed E-state index contributed by atoms with van der Waals surface area (Å²) in [7, 11) is 0. The van der Waals surface area contributed by atoms with Crippen LogP contribution in [0.1, 0.15) is 13.3 Å². The topological polar surface area (TPSA) is 44.8 Å². The van der Waals surface area contributed by atoms with E-state index in [1.54, 1.807) is 6.92 Å². The van der Waals surface area contributed by atoms with E-state index in [2.05, 4.69) is 11.3 Å². The Morgan fingerprint density at radius 3 is 2.92 bits per heavy atom. The van der Waals surface area contributed by atoms with Gasteiger partial charge in [-0.3, -0.25) is 0 Å². The molecule has 1 aliphatic rings. The zero-order valence-corrected chi connectivity index (χ0v) is 7.34. The molecule has 0 N–H and O–H groups in total. The highest BCUT2D eigenvalue weighted by Crippen LogP contribution is 2.25. The Balaban J connectivity index is 2.50. The van der Waals surface area contributed by atoms with Crippen LogP contribution in [-0.4, -0.2) is 25.2 Å². The summed E-state index contributed by atoms with van der Waals surface area (Å²) in [5.74, 6) is -1.75. The van der Waals surface area contributed by atoms with Crippen LogP contribution in [0.4, 0.5) is 9.18 Å². The van der Waals surface area contributed by atoms with E-state index in [4.69, 9.17) is 9.47 Å². The average molecular weight is 190 g/mol. The maximum absolute atomic E-state index is 12.3. The summed E-state index contributed by atoms with van der Waals surface area (Å²) in [5.41, 5.74) is 0. The molecule has 5 heteroatoms. The molecular formula is C8H11FO4.